The van der Waals surface area contributed by atoms with Gasteiger partial charge in [-0.25, -0.2) is 4.79 Å². The van der Waals surface area contributed by atoms with Crippen molar-refractivity contribution in [2.75, 3.05) is 21.3 Å². The summed E-state index contributed by atoms with van der Waals surface area (Å²) in [5.41, 5.74) is 0.189. The van der Waals surface area contributed by atoms with Crippen molar-refractivity contribution in [3.8, 4) is 17.2 Å². The molecular weight excluding hydrogens is 264 g/mol. The number of benzene rings is 1. The molecule has 0 atom stereocenters. The Balaban J connectivity index is 3.02. The van der Waals surface area contributed by atoms with Crippen LogP contribution >= 0.6 is 0 Å². The fraction of sp³-hybridized carbons (Fsp3) is 0.429. The molecule has 111 valence electrons. The van der Waals surface area contributed by atoms with Gasteiger partial charge >= 0.3 is 5.97 Å². The number of hydrogen-bond acceptors (Lipinski definition) is 6. The third kappa shape index (κ3) is 3.54. The SMILES string of the molecule is CC[C](C)OOC(=O)c1ccc(OC)c(OC)c1OC. The summed E-state index contributed by atoms with van der Waals surface area (Å²) in [6.45, 7) is 3.61. The van der Waals surface area contributed by atoms with Gasteiger partial charge in [-0.3, -0.25) is 4.89 Å². The molecule has 0 unspecified atom stereocenters. The molecule has 0 spiro atoms. The second-order valence-electron chi connectivity index (χ2n) is 3.89. The summed E-state index contributed by atoms with van der Waals surface area (Å²) in [7, 11) is 4.39. The molecule has 0 saturated carbocycles. The van der Waals surface area contributed by atoms with E-state index in [9.17, 15) is 4.79 Å². The largest absolute Gasteiger partial charge is 0.493 e. The molecule has 0 fully saturated rings. The van der Waals surface area contributed by atoms with E-state index in [1.807, 2.05) is 6.92 Å². The second-order valence-corrected chi connectivity index (χ2v) is 3.89. The van der Waals surface area contributed by atoms with Gasteiger partial charge in [0.1, 0.15) is 11.7 Å². The predicted molar refractivity (Wildman–Crippen MR) is 71.8 cm³/mol. The molecule has 6 nitrogen and oxygen atoms in total. The van der Waals surface area contributed by atoms with Crippen LogP contribution in [-0.4, -0.2) is 27.3 Å². The smallest absolute Gasteiger partial charge is 0.377 e. The van der Waals surface area contributed by atoms with Crippen LogP contribution in [0.1, 0.15) is 30.6 Å². The fourth-order valence-corrected chi connectivity index (χ4v) is 1.47. The molecule has 0 aliphatic rings. The Morgan fingerprint density at radius 3 is 2.15 bits per heavy atom. The van der Waals surface area contributed by atoms with Crippen molar-refractivity contribution >= 4 is 5.97 Å². The van der Waals surface area contributed by atoms with Crippen molar-refractivity contribution in [3.63, 3.8) is 0 Å². The van der Waals surface area contributed by atoms with Crippen LogP contribution in [0, 0.1) is 6.10 Å². The van der Waals surface area contributed by atoms with Crippen molar-refractivity contribution in [1.29, 1.82) is 0 Å². The van der Waals surface area contributed by atoms with Gasteiger partial charge in [-0.15, -0.1) is 0 Å². The minimum Gasteiger partial charge on any atom is -0.493 e. The van der Waals surface area contributed by atoms with Crippen LogP contribution in [0.4, 0.5) is 0 Å². The molecule has 0 saturated heterocycles. The van der Waals surface area contributed by atoms with Gasteiger partial charge in [-0.05, 0) is 25.5 Å². The molecule has 1 aromatic rings. The van der Waals surface area contributed by atoms with Crippen molar-refractivity contribution in [2.24, 2.45) is 0 Å². The van der Waals surface area contributed by atoms with Crippen molar-refractivity contribution < 1.29 is 28.8 Å². The van der Waals surface area contributed by atoms with E-state index in [-0.39, 0.29) is 11.3 Å². The van der Waals surface area contributed by atoms with Gasteiger partial charge < -0.3 is 14.2 Å². The van der Waals surface area contributed by atoms with Crippen LogP contribution < -0.4 is 14.2 Å². The van der Waals surface area contributed by atoms with Gasteiger partial charge in [-0.1, -0.05) is 6.92 Å². The molecule has 20 heavy (non-hydrogen) atoms. The van der Waals surface area contributed by atoms with E-state index in [2.05, 4.69) is 0 Å². The number of ether oxygens (including phenoxy) is 3. The minimum absolute atomic E-state index is 0.189. The molecule has 0 N–H and O–H groups in total. The molecule has 0 aliphatic carbocycles. The quantitative estimate of drug-likeness (QED) is 0.566. The highest BCUT2D eigenvalue weighted by Crippen LogP contribution is 2.40. The molecule has 0 heterocycles. The van der Waals surface area contributed by atoms with E-state index in [4.69, 9.17) is 24.0 Å². The molecule has 0 amide bonds. The minimum atomic E-state index is -0.671. The molecule has 6 heteroatoms. The Bertz CT molecular complexity index is 457. The van der Waals surface area contributed by atoms with Crippen LogP contribution in [0.2, 0.25) is 0 Å². The maximum absolute atomic E-state index is 12.0. The van der Waals surface area contributed by atoms with Gasteiger partial charge in [0.2, 0.25) is 5.75 Å². The number of hydrogen-bond donors (Lipinski definition) is 0. The van der Waals surface area contributed by atoms with Crippen LogP contribution in [0.5, 0.6) is 17.2 Å². The molecule has 0 bridgehead atoms. The van der Waals surface area contributed by atoms with Gasteiger partial charge in [0, 0.05) is 0 Å². The van der Waals surface area contributed by atoms with E-state index >= 15 is 0 Å². The second kappa shape index (κ2) is 7.59. The summed E-state index contributed by atoms with van der Waals surface area (Å²) in [6, 6.07) is 3.11. The number of methoxy groups -OCH3 is 3. The maximum atomic E-state index is 12.0. The predicted octanol–water partition coefficient (Wildman–Crippen LogP) is 2.76. The van der Waals surface area contributed by atoms with Crippen LogP contribution in [-0.2, 0) is 9.78 Å². The monoisotopic (exact) mass is 283 g/mol. The molecule has 1 rings (SSSR count). The summed E-state index contributed by atoms with van der Waals surface area (Å²) in [4.78, 5) is 21.6. The van der Waals surface area contributed by atoms with Gasteiger partial charge in [0.25, 0.3) is 0 Å². The Morgan fingerprint density at radius 1 is 1.00 bits per heavy atom. The highest BCUT2D eigenvalue weighted by atomic mass is 17.2. The van der Waals surface area contributed by atoms with Crippen molar-refractivity contribution in [1.82, 2.24) is 0 Å². The lowest BCUT2D eigenvalue weighted by molar-refractivity contribution is -0.232. The number of carbonyl (C=O) groups is 1. The first kappa shape index (κ1) is 16.1. The standard InChI is InChI=1S/C14H19O6/c1-6-9(2)19-20-14(15)10-7-8-11(16-3)13(18-5)12(10)17-4/h7-8H,6H2,1-5H3. The van der Waals surface area contributed by atoms with Crippen LogP contribution in [0.3, 0.4) is 0 Å². The Kier molecular flexibility index (Phi) is 6.11. The third-order valence-electron chi connectivity index (χ3n) is 2.68. The lowest BCUT2D eigenvalue weighted by Crippen LogP contribution is -2.10. The molecule has 0 aliphatic heterocycles. The number of carbonyl (C=O) groups excluding carboxylic acids is 1. The Morgan fingerprint density at radius 2 is 1.65 bits per heavy atom. The third-order valence-corrected chi connectivity index (χ3v) is 2.68. The first-order valence-electron chi connectivity index (χ1n) is 6.09. The Labute approximate surface area is 118 Å². The average molecular weight is 283 g/mol. The van der Waals surface area contributed by atoms with Crippen molar-refractivity contribution in [2.45, 2.75) is 20.3 Å². The zero-order valence-electron chi connectivity index (χ0n) is 12.3. The highest BCUT2D eigenvalue weighted by Gasteiger charge is 2.22. The Hall–Kier alpha value is -1.95. The van der Waals surface area contributed by atoms with E-state index in [1.165, 1.54) is 27.4 Å². The molecule has 1 aromatic carbocycles. The van der Waals surface area contributed by atoms with E-state index in [0.29, 0.717) is 24.0 Å². The van der Waals surface area contributed by atoms with E-state index < -0.39 is 5.97 Å². The first-order chi connectivity index (χ1) is 9.58. The molecular formula is C14H19O6. The topological polar surface area (TPSA) is 63.2 Å². The average Bonchev–Trinajstić information content (AvgIpc) is 2.50. The number of rotatable bonds is 7. The van der Waals surface area contributed by atoms with E-state index in [1.54, 1.807) is 13.0 Å². The summed E-state index contributed by atoms with van der Waals surface area (Å²) in [6.07, 6.45) is 1.24. The van der Waals surface area contributed by atoms with E-state index in [0.717, 1.165) is 0 Å². The van der Waals surface area contributed by atoms with Gasteiger partial charge in [0.15, 0.2) is 11.5 Å². The van der Waals surface area contributed by atoms with Crippen LogP contribution in [0.25, 0.3) is 0 Å². The highest BCUT2D eigenvalue weighted by molar-refractivity contribution is 5.93. The summed E-state index contributed by atoms with van der Waals surface area (Å²) in [5.74, 6) is 0.337. The van der Waals surface area contributed by atoms with Crippen molar-refractivity contribution in [3.05, 3.63) is 23.8 Å². The molecule has 0 aromatic heterocycles. The first-order valence-corrected chi connectivity index (χ1v) is 6.09. The van der Waals surface area contributed by atoms with Gasteiger partial charge in [0.05, 0.1) is 21.3 Å². The summed E-state index contributed by atoms with van der Waals surface area (Å²) in [5, 5.41) is 0. The van der Waals surface area contributed by atoms with Crippen LogP contribution in [0.15, 0.2) is 12.1 Å². The zero-order chi connectivity index (χ0) is 15.1. The summed E-state index contributed by atoms with van der Waals surface area (Å²) < 4.78 is 15.5. The normalized spacial score (nSPS) is 10.3. The molecule has 1 radical (unpaired) electrons. The lowest BCUT2D eigenvalue weighted by Gasteiger charge is -2.15. The zero-order valence-corrected chi connectivity index (χ0v) is 12.3. The van der Waals surface area contributed by atoms with Gasteiger partial charge in [-0.2, -0.15) is 4.89 Å². The summed E-state index contributed by atoms with van der Waals surface area (Å²) >= 11 is 0. The fourth-order valence-electron chi connectivity index (χ4n) is 1.47. The maximum Gasteiger partial charge on any atom is 0.377 e. The lowest BCUT2D eigenvalue weighted by atomic mass is 10.1.